The lowest BCUT2D eigenvalue weighted by Crippen LogP contribution is -2.45. The highest BCUT2D eigenvalue weighted by Crippen LogP contribution is 2.30. The lowest BCUT2D eigenvalue weighted by Gasteiger charge is -2.31. The summed E-state index contributed by atoms with van der Waals surface area (Å²) in [6, 6.07) is 21.1. The Bertz CT molecular complexity index is 1950. The molecule has 0 fully saturated rings. The zero-order valence-electron chi connectivity index (χ0n) is 35.7. The second-order valence-corrected chi connectivity index (χ2v) is 14.6. The summed E-state index contributed by atoms with van der Waals surface area (Å²) < 4.78 is 42.0. The van der Waals surface area contributed by atoms with Gasteiger partial charge in [0.25, 0.3) is 0 Å². The molecule has 0 radical (unpaired) electrons. The molecule has 328 valence electrons. The van der Waals surface area contributed by atoms with Gasteiger partial charge < -0.3 is 37.9 Å². The molecular formula is C47H56O14. The van der Waals surface area contributed by atoms with Crippen LogP contribution in [0.1, 0.15) is 69.6 Å². The maximum absolute atomic E-state index is 12.4. The number of rotatable bonds is 24. The fourth-order valence-corrected chi connectivity index (χ4v) is 5.73. The van der Waals surface area contributed by atoms with E-state index in [4.69, 9.17) is 28.4 Å². The second-order valence-electron chi connectivity index (χ2n) is 14.6. The minimum atomic E-state index is -1.64. The molecule has 3 aromatic rings. The standard InChI is InChI=1S/C47H56O14/c1-8-9-10-11-13-34-15-20-38(21-16-34)56-25-12-14-35-17-24-40(37(26-35)27-57-41(48)32(2)3)36-18-22-39(23-19-36)58-28-47(29-59-42(49)33(4)5,30-60-45(52)43(50)54-6)31-61-46(53)44(51)55-7/h15-24,26H,2,4,8-14,25,27-31H2,1,3,5-7H3. The Balaban J connectivity index is 1.79. The third kappa shape index (κ3) is 16.6. The van der Waals surface area contributed by atoms with Gasteiger partial charge in [0.1, 0.15) is 49.9 Å². The first-order valence-electron chi connectivity index (χ1n) is 19.9. The summed E-state index contributed by atoms with van der Waals surface area (Å²) in [5, 5.41) is 0. The number of esters is 6. The van der Waals surface area contributed by atoms with Gasteiger partial charge in [-0.2, -0.15) is 0 Å². The van der Waals surface area contributed by atoms with E-state index in [9.17, 15) is 28.8 Å². The van der Waals surface area contributed by atoms with Crippen molar-refractivity contribution in [2.45, 2.75) is 72.3 Å². The average Bonchev–Trinajstić information content (AvgIpc) is 3.27. The van der Waals surface area contributed by atoms with Crippen LogP contribution >= 0.6 is 0 Å². The van der Waals surface area contributed by atoms with E-state index in [1.54, 1.807) is 31.2 Å². The summed E-state index contributed by atoms with van der Waals surface area (Å²) in [7, 11) is 1.96. The first kappa shape index (κ1) is 48.9. The summed E-state index contributed by atoms with van der Waals surface area (Å²) in [6.45, 7) is 10.6. The molecule has 0 aromatic heterocycles. The van der Waals surface area contributed by atoms with Gasteiger partial charge in [0.2, 0.25) is 0 Å². The maximum atomic E-state index is 12.4. The summed E-state index contributed by atoms with van der Waals surface area (Å²) in [5.74, 6) is -5.58. The number of methoxy groups -OCH3 is 2. The van der Waals surface area contributed by atoms with Crippen LogP contribution in [0.25, 0.3) is 11.1 Å². The van der Waals surface area contributed by atoms with Gasteiger partial charge >= 0.3 is 35.8 Å². The fourth-order valence-electron chi connectivity index (χ4n) is 5.73. The van der Waals surface area contributed by atoms with Gasteiger partial charge in [-0.05, 0) is 91.6 Å². The quantitative estimate of drug-likeness (QED) is 0.0295. The SMILES string of the molecule is C=C(C)C(=O)OCc1cc(CCCOc2ccc(CCCCCC)cc2)ccc1-c1ccc(OCC(COC(=O)C(=C)C)(COC(=O)C(=O)OC)COC(=O)C(=O)OC)cc1. The molecule has 0 aliphatic heterocycles. The van der Waals surface area contributed by atoms with Gasteiger partial charge in [0.05, 0.1) is 20.8 Å². The molecule has 61 heavy (non-hydrogen) atoms. The third-order valence-corrected chi connectivity index (χ3v) is 9.29. The molecule has 3 rings (SSSR count). The molecule has 3 aromatic carbocycles. The number of aryl methyl sites for hydroxylation is 2. The average molecular weight is 845 g/mol. The Morgan fingerprint density at radius 1 is 0.541 bits per heavy atom. The van der Waals surface area contributed by atoms with Crippen LogP contribution in [0.3, 0.4) is 0 Å². The van der Waals surface area contributed by atoms with Crippen LogP contribution in [-0.2, 0) is 76.6 Å². The Kier molecular flexibility index (Phi) is 20.2. The molecule has 0 heterocycles. The smallest absolute Gasteiger partial charge is 0.417 e. The molecule has 14 heteroatoms. The molecule has 0 amide bonds. The molecule has 0 atom stereocenters. The number of carbonyl (C=O) groups is 6. The van der Waals surface area contributed by atoms with Gasteiger partial charge in [-0.1, -0.05) is 81.8 Å². The summed E-state index contributed by atoms with van der Waals surface area (Å²) in [6.07, 6.45) is 7.44. The van der Waals surface area contributed by atoms with Gasteiger partial charge in [0, 0.05) is 11.1 Å². The van der Waals surface area contributed by atoms with Crippen LogP contribution in [0.15, 0.2) is 91.0 Å². The highest BCUT2D eigenvalue weighted by atomic mass is 16.6. The topological polar surface area (TPSA) is 176 Å². The third-order valence-electron chi connectivity index (χ3n) is 9.29. The minimum absolute atomic E-state index is 0.00553. The highest BCUT2D eigenvalue weighted by Gasteiger charge is 2.39. The number of unbranched alkanes of at least 4 members (excludes halogenated alkanes) is 3. The van der Waals surface area contributed by atoms with Crippen molar-refractivity contribution in [3.05, 3.63) is 108 Å². The zero-order chi connectivity index (χ0) is 44.8. The molecule has 0 N–H and O–H groups in total. The molecule has 0 bridgehead atoms. The number of benzene rings is 3. The number of hydrogen-bond donors (Lipinski definition) is 0. The van der Waals surface area contributed by atoms with E-state index < -0.39 is 67.7 Å². The molecule has 0 aliphatic rings. The lowest BCUT2D eigenvalue weighted by molar-refractivity contribution is -0.177. The number of carbonyl (C=O) groups excluding carboxylic acids is 6. The summed E-state index contributed by atoms with van der Waals surface area (Å²) >= 11 is 0. The summed E-state index contributed by atoms with van der Waals surface area (Å²) in [5.41, 5.74) is 3.32. The van der Waals surface area contributed by atoms with Crippen LogP contribution in [0.2, 0.25) is 0 Å². The van der Waals surface area contributed by atoms with Crippen molar-refractivity contribution >= 4 is 35.8 Å². The summed E-state index contributed by atoms with van der Waals surface area (Å²) in [4.78, 5) is 72.9. The maximum Gasteiger partial charge on any atom is 0.417 e. The second kappa shape index (κ2) is 25.2. The Labute approximate surface area is 357 Å². The van der Waals surface area contributed by atoms with Crippen LogP contribution in [0.4, 0.5) is 0 Å². The van der Waals surface area contributed by atoms with E-state index >= 15 is 0 Å². The molecule has 0 unspecified atom stereocenters. The van der Waals surface area contributed by atoms with Gasteiger partial charge in [-0.3, -0.25) is 0 Å². The van der Waals surface area contributed by atoms with Crippen molar-refractivity contribution in [3.63, 3.8) is 0 Å². The van der Waals surface area contributed by atoms with Crippen LogP contribution in [0.5, 0.6) is 11.5 Å². The number of ether oxygens (including phenoxy) is 8. The molecule has 0 spiro atoms. The molecule has 0 saturated heterocycles. The van der Waals surface area contributed by atoms with E-state index in [0.717, 1.165) is 61.5 Å². The molecular weight excluding hydrogens is 789 g/mol. The normalized spacial score (nSPS) is 10.8. The lowest BCUT2D eigenvalue weighted by atomic mass is 9.92. The predicted octanol–water partition coefficient (Wildman–Crippen LogP) is 7.02. The van der Waals surface area contributed by atoms with Crippen molar-refractivity contribution in [1.29, 1.82) is 0 Å². The first-order valence-corrected chi connectivity index (χ1v) is 19.9. The minimum Gasteiger partial charge on any atom is -0.494 e. The van der Waals surface area contributed by atoms with Crippen LogP contribution in [0, 0.1) is 5.41 Å². The Morgan fingerprint density at radius 2 is 1.05 bits per heavy atom. The van der Waals surface area contributed by atoms with Gasteiger partial charge in [0.15, 0.2) is 0 Å². The molecule has 14 nitrogen and oxygen atoms in total. The van der Waals surface area contributed by atoms with Crippen molar-refractivity contribution in [3.8, 4) is 22.6 Å². The van der Waals surface area contributed by atoms with E-state index in [2.05, 4.69) is 41.7 Å². The Hall–Kier alpha value is -6.44. The van der Waals surface area contributed by atoms with E-state index in [1.165, 1.54) is 38.2 Å². The first-order chi connectivity index (χ1) is 29.2. The largest absolute Gasteiger partial charge is 0.494 e. The van der Waals surface area contributed by atoms with Gasteiger partial charge in [-0.15, -0.1) is 0 Å². The number of hydrogen-bond acceptors (Lipinski definition) is 14. The Morgan fingerprint density at radius 3 is 1.61 bits per heavy atom. The van der Waals surface area contributed by atoms with Crippen molar-refractivity contribution in [1.82, 2.24) is 0 Å². The predicted molar refractivity (Wildman–Crippen MR) is 224 cm³/mol. The van der Waals surface area contributed by atoms with Crippen LogP contribution < -0.4 is 9.47 Å². The van der Waals surface area contributed by atoms with Crippen molar-refractivity contribution < 1.29 is 66.7 Å². The molecule has 0 aliphatic carbocycles. The van der Waals surface area contributed by atoms with Crippen LogP contribution in [-0.4, -0.2) is 83.1 Å². The van der Waals surface area contributed by atoms with E-state index in [0.29, 0.717) is 12.4 Å². The van der Waals surface area contributed by atoms with Crippen molar-refractivity contribution in [2.24, 2.45) is 5.41 Å². The zero-order valence-corrected chi connectivity index (χ0v) is 35.7. The van der Waals surface area contributed by atoms with Crippen molar-refractivity contribution in [2.75, 3.05) is 47.3 Å². The van der Waals surface area contributed by atoms with Gasteiger partial charge in [-0.25, -0.2) is 28.8 Å². The highest BCUT2D eigenvalue weighted by molar-refractivity contribution is 6.30. The van der Waals surface area contributed by atoms with E-state index in [1.807, 2.05) is 30.3 Å². The fraction of sp³-hybridized carbons (Fsp3) is 0.404. The van der Waals surface area contributed by atoms with E-state index in [-0.39, 0.29) is 17.8 Å². The monoisotopic (exact) mass is 844 g/mol. The molecule has 0 saturated carbocycles.